The van der Waals surface area contributed by atoms with Crippen molar-refractivity contribution in [1.82, 2.24) is 14.7 Å². The summed E-state index contributed by atoms with van der Waals surface area (Å²) in [4.78, 5) is 15.3. The zero-order valence-corrected chi connectivity index (χ0v) is 20.5. The van der Waals surface area contributed by atoms with Crippen molar-refractivity contribution >= 4 is 40.3 Å². The van der Waals surface area contributed by atoms with E-state index in [1.807, 2.05) is 86.3 Å². The van der Waals surface area contributed by atoms with Gasteiger partial charge in [-0.05, 0) is 62.7 Å². The second-order valence-corrected chi connectivity index (χ2v) is 9.61. The molecule has 0 saturated carbocycles. The molecule has 1 aliphatic rings. The molecule has 0 N–H and O–H groups in total. The maximum atomic E-state index is 13.0. The first-order valence-electron chi connectivity index (χ1n) is 10.7. The van der Waals surface area contributed by atoms with Gasteiger partial charge in [0.25, 0.3) is 5.91 Å². The van der Waals surface area contributed by atoms with Crippen LogP contribution in [-0.4, -0.2) is 37.6 Å². The van der Waals surface area contributed by atoms with E-state index < -0.39 is 0 Å². The molecule has 0 spiro atoms. The molecule has 1 amide bonds. The first-order chi connectivity index (χ1) is 15.9. The number of carbonyl (C=O) groups is 1. The number of thioether (sulfide) groups is 1. The van der Waals surface area contributed by atoms with E-state index in [1.165, 1.54) is 11.8 Å². The Balaban J connectivity index is 1.80. The topological polar surface area (TPSA) is 47.4 Å². The van der Waals surface area contributed by atoms with Crippen molar-refractivity contribution in [3.05, 3.63) is 83.4 Å². The Kier molecular flexibility index (Phi) is 6.81. The Morgan fingerprint density at radius 3 is 2.61 bits per heavy atom. The van der Waals surface area contributed by atoms with Crippen LogP contribution in [0.25, 0.3) is 23.0 Å². The lowest BCUT2D eigenvalue weighted by Crippen LogP contribution is -2.34. The van der Waals surface area contributed by atoms with E-state index in [4.69, 9.17) is 22.1 Å². The minimum atomic E-state index is -0.0664. The highest BCUT2D eigenvalue weighted by molar-refractivity contribution is 8.26. The summed E-state index contributed by atoms with van der Waals surface area (Å²) >= 11 is 6.78. The predicted octanol–water partition coefficient (Wildman–Crippen LogP) is 6.02. The van der Waals surface area contributed by atoms with Crippen molar-refractivity contribution in [2.75, 3.05) is 6.61 Å². The highest BCUT2D eigenvalue weighted by atomic mass is 32.2. The number of amides is 1. The Bertz CT molecular complexity index is 1250. The van der Waals surface area contributed by atoms with E-state index in [-0.39, 0.29) is 11.9 Å². The molecule has 1 aromatic heterocycles. The molecule has 168 valence electrons. The molecule has 0 atom stereocenters. The van der Waals surface area contributed by atoms with Crippen molar-refractivity contribution in [3.63, 3.8) is 0 Å². The summed E-state index contributed by atoms with van der Waals surface area (Å²) in [6, 6.07) is 15.8. The molecule has 0 bridgehead atoms. The van der Waals surface area contributed by atoms with Gasteiger partial charge >= 0.3 is 0 Å². The number of para-hydroxylation sites is 1. The fourth-order valence-corrected chi connectivity index (χ4v) is 5.14. The highest BCUT2D eigenvalue weighted by Gasteiger charge is 2.34. The standard InChI is InChI=1S/C26H25N3O2S2/c1-5-13-31-21-11-12-22(18(4)14-21)24-19(16-28(27-24)20-9-7-6-8-10-20)15-23-25(30)29(17(2)3)26(32)33-23/h5-12,14-17H,1,13H2,2-4H3/b23-15-. The van der Waals surface area contributed by atoms with Crippen molar-refractivity contribution in [2.45, 2.75) is 26.8 Å². The van der Waals surface area contributed by atoms with Gasteiger partial charge < -0.3 is 4.74 Å². The van der Waals surface area contributed by atoms with Crippen molar-refractivity contribution < 1.29 is 9.53 Å². The number of hydrogen-bond donors (Lipinski definition) is 0. The third kappa shape index (κ3) is 4.79. The van der Waals surface area contributed by atoms with E-state index in [2.05, 4.69) is 6.58 Å². The van der Waals surface area contributed by atoms with Crippen molar-refractivity contribution in [1.29, 1.82) is 0 Å². The van der Waals surface area contributed by atoms with Gasteiger partial charge in [0, 0.05) is 23.4 Å². The van der Waals surface area contributed by atoms with Crippen LogP contribution >= 0.6 is 24.0 Å². The number of rotatable bonds is 7. The molecule has 7 heteroatoms. The molecule has 2 heterocycles. The molecular formula is C26H25N3O2S2. The minimum Gasteiger partial charge on any atom is -0.490 e. The molecule has 2 aromatic carbocycles. The molecule has 4 rings (SSSR count). The second kappa shape index (κ2) is 9.77. The number of nitrogens with zero attached hydrogens (tertiary/aromatic N) is 3. The number of thiocarbonyl (C=S) groups is 1. The molecule has 3 aromatic rings. The summed E-state index contributed by atoms with van der Waals surface area (Å²) in [5.41, 5.74) is 4.59. The summed E-state index contributed by atoms with van der Waals surface area (Å²) in [6.07, 6.45) is 5.56. The van der Waals surface area contributed by atoms with E-state index in [0.29, 0.717) is 15.8 Å². The molecule has 0 unspecified atom stereocenters. The van der Waals surface area contributed by atoms with E-state index in [0.717, 1.165) is 33.8 Å². The number of ether oxygens (including phenoxy) is 1. The first-order valence-corrected chi connectivity index (χ1v) is 11.9. The average Bonchev–Trinajstić information content (AvgIpc) is 3.33. The van der Waals surface area contributed by atoms with Crippen LogP contribution in [0.3, 0.4) is 0 Å². The van der Waals surface area contributed by atoms with Crippen LogP contribution in [0.4, 0.5) is 0 Å². The quantitative estimate of drug-likeness (QED) is 0.237. The third-order valence-electron chi connectivity index (χ3n) is 5.21. The van der Waals surface area contributed by atoms with E-state index in [9.17, 15) is 4.79 Å². The van der Waals surface area contributed by atoms with Crippen LogP contribution < -0.4 is 4.74 Å². The molecule has 5 nitrogen and oxygen atoms in total. The minimum absolute atomic E-state index is 0.0141. The summed E-state index contributed by atoms with van der Waals surface area (Å²) in [5, 5.41) is 4.89. The monoisotopic (exact) mass is 475 g/mol. The summed E-state index contributed by atoms with van der Waals surface area (Å²) in [7, 11) is 0. The van der Waals surface area contributed by atoms with E-state index in [1.54, 1.807) is 11.0 Å². The second-order valence-electron chi connectivity index (χ2n) is 7.94. The fraction of sp³-hybridized carbons (Fsp3) is 0.192. The molecule has 1 fully saturated rings. The van der Waals surface area contributed by atoms with Crippen LogP contribution in [0.1, 0.15) is 25.0 Å². The van der Waals surface area contributed by atoms with Gasteiger partial charge in [-0.3, -0.25) is 9.69 Å². The summed E-state index contributed by atoms with van der Waals surface area (Å²) in [6.45, 7) is 10.1. The number of aromatic nitrogens is 2. The first kappa shape index (κ1) is 23.0. The molecule has 33 heavy (non-hydrogen) atoms. The van der Waals surface area contributed by atoms with Gasteiger partial charge in [-0.2, -0.15) is 5.10 Å². The lowest BCUT2D eigenvalue weighted by molar-refractivity contribution is -0.123. The normalized spacial score (nSPS) is 15.0. The Hall–Kier alpha value is -3.16. The zero-order valence-electron chi connectivity index (χ0n) is 18.8. The lowest BCUT2D eigenvalue weighted by Gasteiger charge is -2.18. The lowest BCUT2D eigenvalue weighted by atomic mass is 10.0. The van der Waals surface area contributed by atoms with Crippen molar-refractivity contribution in [3.8, 4) is 22.7 Å². The largest absolute Gasteiger partial charge is 0.490 e. The van der Waals surface area contributed by atoms with Crippen LogP contribution in [0, 0.1) is 6.92 Å². The number of hydrogen-bond acceptors (Lipinski definition) is 5. The van der Waals surface area contributed by atoms with Crippen LogP contribution in [0.2, 0.25) is 0 Å². The Labute approximate surface area is 203 Å². The molecule has 1 aliphatic heterocycles. The van der Waals surface area contributed by atoms with Gasteiger partial charge in [0.05, 0.1) is 10.6 Å². The maximum absolute atomic E-state index is 13.0. The van der Waals surface area contributed by atoms with Gasteiger partial charge in [0.2, 0.25) is 0 Å². The maximum Gasteiger partial charge on any atom is 0.266 e. The van der Waals surface area contributed by atoms with E-state index >= 15 is 0 Å². The van der Waals surface area contributed by atoms with Crippen LogP contribution in [0.15, 0.2) is 72.3 Å². The van der Waals surface area contributed by atoms with Crippen LogP contribution in [-0.2, 0) is 4.79 Å². The van der Waals surface area contributed by atoms with Gasteiger partial charge in [0.15, 0.2) is 0 Å². The summed E-state index contributed by atoms with van der Waals surface area (Å²) < 4.78 is 8.10. The fourth-order valence-electron chi connectivity index (χ4n) is 3.63. The Morgan fingerprint density at radius 2 is 1.97 bits per heavy atom. The highest BCUT2D eigenvalue weighted by Crippen LogP contribution is 2.36. The average molecular weight is 476 g/mol. The van der Waals surface area contributed by atoms with Crippen molar-refractivity contribution in [2.24, 2.45) is 0 Å². The number of carbonyl (C=O) groups excluding carboxylic acids is 1. The number of benzene rings is 2. The molecule has 0 aliphatic carbocycles. The van der Waals surface area contributed by atoms with Gasteiger partial charge in [-0.25, -0.2) is 4.68 Å². The molecule has 1 saturated heterocycles. The predicted molar refractivity (Wildman–Crippen MR) is 140 cm³/mol. The Morgan fingerprint density at radius 1 is 1.21 bits per heavy atom. The molecule has 0 radical (unpaired) electrons. The van der Waals surface area contributed by atoms with Gasteiger partial charge in [-0.15, -0.1) is 0 Å². The summed E-state index contributed by atoms with van der Waals surface area (Å²) in [5.74, 6) is 0.710. The zero-order chi connectivity index (χ0) is 23.5. The van der Waals surface area contributed by atoms with Gasteiger partial charge in [-0.1, -0.05) is 54.8 Å². The SMILES string of the molecule is C=CCOc1ccc(-c2nn(-c3ccccc3)cc2/C=C2\SC(=S)N(C(C)C)C2=O)c(C)c1. The smallest absolute Gasteiger partial charge is 0.266 e. The number of aryl methyl sites for hydroxylation is 1. The van der Waals surface area contributed by atoms with Gasteiger partial charge in [0.1, 0.15) is 22.4 Å². The molecular weight excluding hydrogens is 450 g/mol. The third-order valence-corrected chi connectivity index (χ3v) is 6.54. The van der Waals surface area contributed by atoms with Crippen LogP contribution in [0.5, 0.6) is 5.75 Å².